The smallest absolute Gasteiger partial charge is 0.288 e. The van der Waals surface area contributed by atoms with E-state index in [1.165, 1.54) is 11.1 Å². The van der Waals surface area contributed by atoms with Crippen LogP contribution in [-0.2, 0) is 17.7 Å². The number of benzene rings is 1. The van der Waals surface area contributed by atoms with Gasteiger partial charge in [-0.3, -0.25) is 0 Å². The number of nitrogens with zero attached hydrogens (tertiary/aromatic N) is 2. The minimum absolute atomic E-state index is 0.331. The quantitative estimate of drug-likeness (QED) is 0.710. The van der Waals surface area contributed by atoms with Crippen LogP contribution >= 0.6 is 0 Å². The molecule has 0 aromatic heterocycles. The average molecular weight is 245 g/mol. The Hall–Kier alpha value is -1.51. The number of hydrogen-bond donors (Lipinski definition) is 0. The summed E-state index contributed by atoms with van der Waals surface area (Å²) in [5, 5.41) is 0. The fraction of sp³-hybridized carbons (Fsp3) is 0.533. The van der Waals surface area contributed by atoms with Crippen LogP contribution in [0.25, 0.3) is 0 Å². The van der Waals surface area contributed by atoms with E-state index in [1.54, 1.807) is 0 Å². The van der Waals surface area contributed by atoms with E-state index in [1.807, 2.05) is 0 Å². The summed E-state index contributed by atoms with van der Waals surface area (Å²) in [5.41, 5.74) is 2.87. The summed E-state index contributed by atoms with van der Waals surface area (Å²) in [6.07, 6.45) is 1.09. The van der Waals surface area contributed by atoms with Crippen LogP contribution in [0.5, 0.6) is 0 Å². The highest BCUT2D eigenvalue weighted by atomic mass is 16.5. The van der Waals surface area contributed by atoms with E-state index < -0.39 is 0 Å². The van der Waals surface area contributed by atoms with Crippen molar-refractivity contribution in [2.75, 3.05) is 13.2 Å². The Balaban J connectivity index is 1.75. The van der Waals surface area contributed by atoms with Gasteiger partial charge in [0, 0.05) is 13.1 Å². The molecule has 0 saturated heterocycles. The molecule has 0 bridgehead atoms. The third-order valence-corrected chi connectivity index (χ3v) is 3.83. The molecule has 0 saturated carbocycles. The summed E-state index contributed by atoms with van der Waals surface area (Å²) in [5.74, 6) is 0.555. The second-order valence-electron chi connectivity index (χ2n) is 5.47. The van der Waals surface area contributed by atoms with Crippen molar-refractivity contribution in [3.8, 4) is 0 Å². The molecule has 1 aromatic carbocycles. The lowest BCUT2D eigenvalue weighted by Gasteiger charge is -2.29. The molecule has 0 amide bonds. The van der Waals surface area contributed by atoms with Crippen molar-refractivity contribution >= 4 is 6.02 Å². The van der Waals surface area contributed by atoms with Crippen molar-refractivity contribution in [3.63, 3.8) is 0 Å². The largest absolute Gasteiger partial charge is 0.463 e. The van der Waals surface area contributed by atoms with E-state index in [0.717, 1.165) is 32.1 Å². The van der Waals surface area contributed by atoms with Gasteiger partial charge in [-0.15, -0.1) is 0 Å². The van der Waals surface area contributed by atoms with Crippen LogP contribution in [0, 0.1) is 5.92 Å². The van der Waals surface area contributed by atoms with Crippen LogP contribution in [0.1, 0.15) is 25.0 Å². The van der Waals surface area contributed by atoms with Gasteiger partial charge in [-0.1, -0.05) is 38.1 Å². The summed E-state index contributed by atoms with van der Waals surface area (Å²) in [7, 11) is 0. The molecule has 2 aliphatic heterocycles. The highest BCUT2D eigenvalue weighted by molar-refractivity contribution is 5.76. The number of ether oxygens (including phenoxy) is 1. The highest BCUT2D eigenvalue weighted by Crippen LogP contribution is 2.22. The van der Waals surface area contributed by atoms with Crippen molar-refractivity contribution in [3.05, 3.63) is 35.4 Å². The highest BCUT2D eigenvalue weighted by Gasteiger charge is 2.27. The predicted octanol–water partition coefficient (Wildman–Crippen LogP) is 2.46. The average Bonchev–Trinajstić information content (AvgIpc) is 2.88. The molecule has 1 aromatic rings. The third-order valence-electron chi connectivity index (χ3n) is 3.83. The number of hydrogen-bond acceptors (Lipinski definition) is 3. The number of fused-ring (bicyclic) bond motifs is 1. The standard InChI is InChI=1S/C15H20N2O/c1-11(2)14-10-18-15(16-14)17-8-7-12-5-3-4-6-13(12)9-17/h3-6,11,14H,7-10H2,1-2H3/t14-/m1/s1/i9+1. The first-order chi connectivity index (χ1) is 8.74. The van der Waals surface area contributed by atoms with E-state index in [9.17, 15) is 0 Å². The molecule has 3 rings (SSSR count). The van der Waals surface area contributed by atoms with Gasteiger partial charge in [0.05, 0.1) is 6.04 Å². The zero-order chi connectivity index (χ0) is 12.5. The Kier molecular flexibility index (Phi) is 2.98. The van der Waals surface area contributed by atoms with Gasteiger partial charge in [0.15, 0.2) is 0 Å². The predicted molar refractivity (Wildman–Crippen MR) is 72.6 cm³/mol. The van der Waals surface area contributed by atoms with Gasteiger partial charge in [-0.2, -0.15) is 0 Å². The lowest BCUT2D eigenvalue weighted by atomic mass is 10.1. The van der Waals surface area contributed by atoms with Gasteiger partial charge in [0.2, 0.25) is 0 Å². The van der Waals surface area contributed by atoms with Crippen LogP contribution in [0.3, 0.4) is 0 Å². The summed E-state index contributed by atoms with van der Waals surface area (Å²) in [6.45, 7) is 7.09. The molecular formula is C15H20N2O. The first-order valence-electron chi connectivity index (χ1n) is 6.76. The fourth-order valence-corrected chi connectivity index (χ4v) is 2.55. The number of amidine groups is 1. The second kappa shape index (κ2) is 4.63. The van der Waals surface area contributed by atoms with Crippen LogP contribution < -0.4 is 0 Å². The van der Waals surface area contributed by atoms with Crippen LogP contribution in [0.2, 0.25) is 0 Å². The zero-order valence-corrected chi connectivity index (χ0v) is 11.1. The molecule has 1 atom stereocenters. The normalized spacial score (nSPS) is 22.7. The van der Waals surface area contributed by atoms with Crippen molar-refractivity contribution < 1.29 is 4.74 Å². The molecule has 3 nitrogen and oxygen atoms in total. The topological polar surface area (TPSA) is 24.8 Å². The van der Waals surface area contributed by atoms with Crippen LogP contribution in [-0.4, -0.2) is 30.1 Å². The van der Waals surface area contributed by atoms with E-state index in [4.69, 9.17) is 9.73 Å². The molecule has 0 fully saturated rings. The molecule has 0 spiro atoms. The van der Waals surface area contributed by atoms with Gasteiger partial charge in [0.1, 0.15) is 6.61 Å². The molecule has 96 valence electrons. The Labute approximate surface area is 108 Å². The molecule has 2 aliphatic rings. The van der Waals surface area contributed by atoms with Crippen LogP contribution in [0.4, 0.5) is 0 Å². The third kappa shape index (κ3) is 2.09. The van der Waals surface area contributed by atoms with Crippen molar-refractivity contribution in [2.24, 2.45) is 10.9 Å². The lowest BCUT2D eigenvalue weighted by Crippen LogP contribution is -2.36. The summed E-state index contributed by atoms with van der Waals surface area (Å²) in [4.78, 5) is 6.97. The maximum Gasteiger partial charge on any atom is 0.288 e. The van der Waals surface area contributed by atoms with E-state index in [-0.39, 0.29) is 0 Å². The van der Waals surface area contributed by atoms with Crippen LogP contribution in [0.15, 0.2) is 29.3 Å². The molecule has 3 heteroatoms. The minimum Gasteiger partial charge on any atom is -0.463 e. The Morgan fingerprint density at radius 3 is 2.78 bits per heavy atom. The van der Waals surface area contributed by atoms with E-state index >= 15 is 0 Å². The fourth-order valence-electron chi connectivity index (χ4n) is 2.55. The Morgan fingerprint density at radius 1 is 1.28 bits per heavy atom. The molecule has 0 N–H and O–H groups in total. The summed E-state index contributed by atoms with van der Waals surface area (Å²) in [6, 6.07) is 9.83. The maximum absolute atomic E-state index is 5.76. The second-order valence-corrected chi connectivity index (χ2v) is 5.47. The van der Waals surface area contributed by atoms with Gasteiger partial charge in [0.25, 0.3) is 6.02 Å². The van der Waals surface area contributed by atoms with Crippen molar-refractivity contribution in [1.82, 2.24) is 4.90 Å². The molecule has 0 radical (unpaired) electrons. The SMILES string of the molecule is CC(C)[C@H]1COC(N2CCc3ccccc3[13CH2]2)=N1. The van der Waals surface area contributed by atoms with Crippen molar-refractivity contribution in [2.45, 2.75) is 32.9 Å². The maximum atomic E-state index is 5.76. The molecule has 0 aliphatic carbocycles. The summed E-state index contributed by atoms with van der Waals surface area (Å²) >= 11 is 0. The number of rotatable bonds is 1. The van der Waals surface area contributed by atoms with Gasteiger partial charge in [-0.25, -0.2) is 4.99 Å². The Morgan fingerprint density at radius 2 is 2.06 bits per heavy atom. The first-order valence-corrected chi connectivity index (χ1v) is 6.76. The van der Waals surface area contributed by atoms with Crippen molar-refractivity contribution in [1.29, 1.82) is 0 Å². The van der Waals surface area contributed by atoms with E-state index in [2.05, 4.69) is 43.0 Å². The Bertz CT molecular complexity index is 467. The molecule has 18 heavy (non-hydrogen) atoms. The monoisotopic (exact) mass is 245 g/mol. The van der Waals surface area contributed by atoms with Gasteiger partial charge < -0.3 is 9.64 Å². The minimum atomic E-state index is 0.331. The molecular weight excluding hydrogens is 225 g/mol. The van der Waals surface area contributed by atoms with Gasteiger partial charge >= 0.3 is 0 Å². The van der Waals surface area contributed by atoms with Gasteiger partial charge in [-0.05, 0) is 23.5 Å². The lowest BCUT2D eigenvalue weighted by molar-refractivity contribution is 0.233. The summed E-state index contributed by atoms with van der Waals surface area (Å²) < 4.78 is 5.76. The number of aliphatic imine (C=N–C) groups is 1. The zero-order valence-electron chi connectivity index (χ0n) is 11.1. The molecule has 0 unspecified atom stereocenters. The van der Waals surface area contributed by atoms with E-state index in [0.29, 0.717) is 12.0 Å². The first kappa shape index (κ1) is 11.6. The molecule has 2 heterocycles.